The molecular weight excluding hydrogens is 198 g/mol. The first-order valence-corrected chi connectivity index (χ1v) is 7.25. The second-order valence-electron chi connectivity index (χ2n) is 5.68. The van der Waals surface area contributed by atoms with E-state index in [1.165, 1.54) is 64.3 Å². The summed E-state index contributed by atoms with van der Waals surface area (Å²) in [4.78, 5) is 2.68. The maximum absolute atomic E-state index is 9.28. The van der Waals surface area contributed by atoms with Crippen LogP contribution in [0.15, 0.2) is 0 Å². The fraction of sp³-hybridized carbons (Fsp3) is 1.00. The van der Waals surface area contributed by atoms with Crippen LogP contribution in [0, 0.1) is 5.92 Å². The minimum absolute atomic E-state index is 0.392. The second-order valence-corrected chi connectivity index (χ2v) is 5.68. The molecule has 1 heterocycles. The SMILES string of the molecule is OC[C@@H]1CCCN(C2CCCCCCC2)C1. The van der Waals surface area contributed by atoms with Gasteiger partial charge in [0.2, 0.25) is 0 Å². The highest BCUT2D eigenvalue weighted by molar-refractivity contribution is 4.80. The lowest BCUT2D eigenvalue weighted by atomic mass is 9.91. The molecule has 2 rings (SSSR count). The van der Waals surface area contributed by atoms with E-state index in [4.69, 9.17) is 0 Å². The summed E-state index contributed by atoms with van der Waals surface area (Å²) in [5.41, 5.74) is 0. The summed E-state index contributed by atoms with van der Waals surface area (Å²) in [6.07, 6.45) is 12.5. The van der Waals surface area contributed by atoms with E-state index in [0.29, 0.717) is 12.5 Å². The number of aliphatic hydroxyl groups excluding tert-OH is 1. The first kappa shape index (κ1) is 12.4. The van der Waals surface area contributed by atoms with E-state index in [2.05, 4.69) is 4.90 Å². The van der Waals surface area contributed by atoms with Crippen LogP contribution in [0.2, 0.25) is 0 Å². The molecule has 2 aliphatic rings. The van der Waals surface area contributed by atoms with Gasteiger partial charge in [-0.15, -0.1) is 0 Å². The lowest BCUT2D eigenvalue weighted by molar-refractivity contribution is 0.0767. The Balaban J connectivity index is 1.83. The van der Waals surface area contributed by atoms with Gasteiger partial charge < -0.3 is 10.0 Å². The normalized spacial score (nSPS) is 30.9. The van der Waals surface area contributed by atoms with Crippen molar-refractivity contribution in [3.05, 3.63) is 0 Å². The Morgan fingerprint density at radius 3 is 2.25 bits per heavy atom. The van der Waals surface area contributed by atoms with Gasteiger partial charge in [-0.1, -0.05) is 32.1 Å². The summed E-state index contributed by atoms with van der Waals surface area (Å²) >= 11 is 0. The van der Waals surface area contributed by atoms with Crippen LogP contribution in [0.5, 0.6) is 0 Å². The van der Waals surface area contributed by atoms with E-state index in [-0.39, 0.29) is 0 Å². The van der Waals surface area contributed by atoms with Gasteiger partial charge in [-0.2, -0.15) is 0 Å². The molecule has 1 aliphatic heterocycles. The van der Waals surface area contributed by atoms with Gasteiger partial charge in [-0.3, -0.25) is 0 Å². The van der Waals surface area contributed by atoms with Crippen molar-refractivity contribution in [3.63, 3.8) is 0 Å². The standard InChI is InChI=1S/C14H27NO/c16-12-13-7-6-10-15(11-13)14-8-4-2-1-3-5-9-14/h13-14,16H,1-12H2/t13-/m1/s1. The molecular formula is C14H27NO. The number of hydrogen-bond donors (Lipinski definition) is 1. The molecule has 0 aromatic heterocycles. The molecule has 1 aliphatic carbocycles. The smallest absolute Gasteiger partial charge is 0.0471 e. The van der Waals surface area contributed by atoms with Gasteiger partial charge in [0.25, 0.3) is 0 Å². The van der Waals surface area contributed by atoms with Crippen LogP contribution in [0.25, 0.3) is 0 Å². The second kappa shape index (κ2) is 6.61. The highest BCUT2D eigenvalue weighted by Gasteiger charge is 2.25. The molecule has 0 unspecified atom stereocenters. The predicted octanol–water partition coefficient (Wildman–Crippen LogP) is 2.80. The lowest BCUT2D eigenvalue weighted by Gasteiger charge is -2.38. The van der Waals surface area contributed by atoms with Gasteiger partial charge in [0.05, 0.1) is 0 Å². The van der Waals surface area contributed by atoms with Gasteiger partial charge in [-0.05, 0) is 38.1 Å². The van der Waals surface area contributed by atoms with E-state index in [1.54, 1.807) is 0 Å². The summed E-state index contributed by atoms with van der Waals surface area (Å²) in [5.74, 6) is 0.555. The lowest BCUT2D eigenvalue weighted by Crippen LogP contribution is -2.43. The van der Waals surface area contributed by atoms with Crippen LogP contribution in [-0.2, 0) is 0 Å². The molecule has 16 heavy (non-hydrogen) atoms. The topological polar surface area (TPSA) is 23.5 Å². The first-order chi connectivity index (χ1) is 7.90. The van der Waals surface area contributed by atoms with E-state index in [9.17, 15) is 5.11 Å². The molecule has 0 aromatic rings. The summed E-state index contributed by atoms with van der Waals surface area (Å²) in [6.45, 7) is 2.82. The van der Waals surface area contributed by atoms with Crippen LogP contribution in [-0.4, -0.2) is 35.7 Å². The van der Waals surface area contributed by atoms with Crippen molar-refractivity contribution in [1.29, 1.82) is 0 Å². The van der Waals surface area contributed by atoms with Crippen molar-refractivity contribution in [3.8, 4) is 0 Å². The Bertz CT molecular complexity index is 187. The van der Waals surface area contributed by atoms with Crippen LogP contribution in [0.3, 0.4) is 0 Å². The van der Waals surface area contributed by atoms with E-state index < -0.39 is 0 Å². The Morgan fingerprint density at radius 1 is 0.875 bits per heavy atom. The zero-order chi connectivity index (χ0) is 11.2. The molecule has 2 fully saturated rings. The zero-order valence-electron chi connectivity index (χ0n) is 10.5. The minimum atomic E-state index is 0.392. The number of rotatable bonds is 2. The highest BCUT2D eigenvalue weighted by atomic mass is 16.3. The largest absolute Gasteiger partial charge is 0.396 e. The minimum Gasteiger partial charge on any atom is -0.396 e. The number of likely N-dealkylation sites (tertiary alicyclic amines) is 1. The van der Waals surface area contributed by atoms with Crippen molar-refractivity contribution in [2.75, 3.05) is 19.7 Å². The average Bonchev–Trinajstić information content (AvgIpc) is 2.29. The maximum Gasteiger partial charge on any atom is 0.0471 e. The van der Waals surface area contributed by atoms with Gasteiger partial charge in [-0.25, -0.2) is 0 Å². The fourth-order valence-electron chi connectivity index (χ4n) is 3.38. The van der Waals surface area contributed by atoms with Crippen molar-refractivity contribution >= 4 is 0 Å². The van der Waals surface area contributed by atoms with Crippen LogP contribution >= 0.6 is 0 Å². The number of nitrogens with zero attached hydrogens (tertiary/aromatic N) is 1. The molecule has 1 saturated heterocycles. The highest BCUT2D eigenvalue weighted by Crippen LogP contribution is 2.25. The summed E-state index contributed by atoms with van der Waals surface area (Å²) in [5, 5.41) is 9.28. The van der Waals surface area contributed by atoms with Gasteiger partial charge in [0.1, 0.15) is 0 Å². The molecule has 2 heteroatoms. The quantitative estimate of drug-likeness (QED) is 0.781. The number of hydrogen-bond acceptors (Lipinski definition) is 2. The van der Waals surface area contributed by atoms with Gasteiger partial charge in [0, 0.05) is 19.2 Å². The predicted molar refractivity (Wildman–Crippen MR) is 67.5 cm³/mol. The number of piperidine rings is 1. The van der Waals surface area contributed by atoms with E-state index in [0.717, 1.165) is 12.6 Å². The van der Waals surface area contributed by atoms with Crippen molar-refractivity contribution in [2.24, 2.45) is 5.92 Å². The molecule has 1 N–H and O–H groups in total. The third-order valence-corrected chi connectivity index (χ3v) is 4.40. The van der Waals surface area contributed by atoms with Crippen molar-refractivity contribution < 1.29 is 5.11 Å². The van der Waals surface area contributed by atoms with Gasteiger partial charge in [0.15, 0.2) is 0 Å². The monoisotopic (exact) mass is 225 g/mol. The molecule has 1 atom stereocenters. The molecule has 94 valence electrons. The fourth-order valence-corrected chi connectivity index (χ4v) is 3.38. The first-order valence-electron chi connectivity index (χ1n) is 7.25. The summed E-state index contributed by atoms with van der Waals surface area (Å²) in [7, 11) is 0. The molecule has 0 bridgehead atoms. The van der Waals surface area contributed by atoms with E-state index >= 15 is 0 Å². The summed E-state index contributed by atoms with van der Waals surface area (Å²) < 4.78 is 0. The van der Waals surface area contributed by atoms with Crippen LogP contribution in [0.4, 0.5) is 0 Å². The Labute approximate surface area is 100 Å². The van der Waals surface area contributed by atoms with Crippen molar-refractivity contribution in [1.82, 2.24) is 4.90 Å². The molecule has 0 radical (unpaired) electrons. The summed E-state index contributed by atoms with van der Waals surface area (Å²) in [6, 6.07) is 0.828. The maximum atomic E-state index is 9.28. The Hall–Kier alpha value is -0.0800. The molecule has 0 amide bonds. The third kappa shape index (κ3) is 3.46. The van der Waals surface area contributed by atoms with Crippen LogP contribution in [0.1, 0.15) is 57.8 Å². The Kier molecular flexibility index (Phi) is 5.11. The Morgan fingerprint density at radius 2 is 1.56 bits per heavy atom. The van der Waals surface area contributed by atoms with Crippen molar-refractivity contribution in [2.45, 2.75) is 63.8 Å². The number of aliphatic hydroxyl groups is 1. The molecule has 2 nitrogen and oxygen atoms in total. The van der Waals surface area contributed by atoms with E-state index in [1.807, 2.05) is 0 Å². The van der Waals surface area contributed by atoms with Crippen LogP contribution < -0.4 is 0 Å². The average molecular weight is 225 g/mol. The third-order valence-electron chi connectivity index (χ3n) is 4.40. The molecule has 1 saturated carbocycles. The zero-order valence-corrected chi connectivity index (χ0v) is 10.5. The molecule has 0 spiro atoms. The van der Waals surface area contributed by atoms with Gasteiger partial charge >= 0.3 is 0 Å². The molecule has 0 aromatic carbocycles.